The van der Waals surface area contributed by atoms with E-state index in [1.807, 2.05) is 42.5 Å². The maximum Gasteiger partial charge on any atom is 0.324 e. The van der Waals surface area contributed by atoms with Gasteiger partial charge in [0.25, 0.3) is 0 Å². The Bertz CT molecular complexity index is 1180. The zero-order valence-electron chi connectivity index (χ0n) is 19.3. The molecule has 2 heterocycles. The first kappa shape index (κ1) is 24.2. The van der Waals surface area contributed by atoms with Crippen LogP contribution < -0.4 is 21.3 Å². The Morgan fingerprint density at radius 1 is 1.11 bits per heavy atom. The van der Waals surface area contributed by atoms with Crippen molar-refractivity contribution in [2.75, 3.05) is 11.4 Å². The van der Waals surface area contributed by atoms with E-state index in [1.54, 1.807) is 31.2 Å². The maximum atomic E-state index is 13.7. The molecule has 0 aliphatic carbocycles. The van der Waals surface area contributed by atoms with Gasteiger partial charge >= 0.3 is 12.0 Å². The van der Waals surface area contributed by atoms with Gasteiger partial charge in [0.05, 0.1) is 17.5 Å². The number of nitrogens with two attached hydrogens (primary N) is 1. The third-order valence-corrected chi connectivity index (χ3v) is 6.77. The number of carboxylic acids is 1. The number of urea groups is 1. The van der Waals surface area contributed by atoms with Crippen molar-refractivity contribution in [3.8, 4) is 0 Å². The number of hydrogen-bond donors (Lipinski definition) is 4. The van der Waals surface area contributed by atoms with Gasteiger partial charge in [0.15, 0.2) is 0 Å². The lowest BCUT2D eigenvalue weighted by Gasteiger charge is -2.31. The second-order valence-electron chi connectivity index (χ2n) is 8.91. The van der Waals surface area contributed by atoms with Gasteiger partial charge in [-0.3, -0.25) is 19.7 Å². The quantitative estimate of drug-likeness (QED) is 0.339. The predicted octanol–water partition coefficient (Wildman–Crippen LogP) is 2.06. The Morgan fingerprint density at radius 3 is 2.46 bits per heavy atom. The van der Waals surface area contributed by atoms with Crippen LogP contribution in [0.15, 0.2) is 60.7 Å². The summed E-state index contributed by atoms with van der Waals surface area (Å²) >= 11 is 0. The summed E-state index contributed by atoms with van der Waals surface area (Å²) in [6.45, 7) is 1.95. The molecular weight excluding hydrogens is 448 g/mol. The zero-order chi connectivity index (χ0) is 25.2. The Morgan fingerprint density at radius 2 is 1.80 bits per heavy atom. The first-order valence-corrected chi connectivity index (χ1v) is 11.5. The van der Waals surface area contributed by atoms with Gasteiger partial charge in [0.1, 0.15) is 5.54 Å². The van der Waals surface area contributed by atoms with Crippen LogP contribution in [0.2, 0.25) is 0 Å². The second kappa shape index (κ2) is 9.71. The third kappa shape index (κ3) is 4.42. The fourth-order valence-corrected chi connectivity index (χ4v) is 5.15. The molecule has 4 unspecified atom stereocenters. The molecule has 0 aromatic heterocycles. The lowest BCUT2D eigenvalue weighted by Crippen LogP contribution is -2.57. The SMILES string of the molecule is Cc1ccccc1N1C(=O)C2C(C=Cc3ccccc3)NC(CCCNC(N)=O)(C(=O)O)C2C1=O. The molecule has 2 saturated heterocycles. The van der Waals surface area contributed by atoms with E-state index in [4.69, 9.17) is 5.73 Å². The number of aliphatic carboxylic acids is 1. The minimum Gasteiger partial charge on any atom is -0.480 e. The fraction of sp³-hybridized carbons (Fsp3) is 0.308. The average molecular weight is 477 g/mol. The molecule has 182 valence electrons. The monoisotopic (exact) mass is 476 g/mol. The van der Waals surface area contributed by atoms with Gasteiger partial charge in [-0.2, -0.15) is 0 Å². The molecule has 0 radical (unpaired) electrons. The largest absolute Gasteiger partial charge is 0.480 e. The van der Waals surface area contributed by atoms with E-state index in [2.05, 4.69) is 10.6 Å². The van der Waals surface area contributed by atoms with Crippen molar-refractivity contribution in [1.29, 1.82) is 0 Å². The van der Waals surface area contributed by atoms with Crippen LogP contribution >= 0.6 is 0 Å². The highest BCUT2D eigenvalue weighted by Crippen LogP contribution is 2.47. The molecule has 9 heteroatoms. The topological polar surface area (TPSA) is 142 Å². The van der Waals surface area contributed by atoms with Crippen LogP contribution in [0.1, 0.15) is 24.0 Å². The smallest absolute Gasteiger partial charge is 0.324 e. The number of amides is 4. The molecule has 2 aliphatic rings. The van der Waals surface area contributed by atoms with Crippen LogP contribution in [0.4, 0.5) is 10.5 Å². The molecule has 4 amide bonds. The Kier molecular flexibility index (Phi) is 6.70. The van der Waals surface area contributed by atoms with E-state index in [1.165, 1.54) is 0 Å². The summed E-state index contributed by atoms with van der Waals surface area (Å²) in [5.41, 5.74) is 5.52. The second-order valence-corrected chi connectivity index (χ2v) is 8.91. The number of para-hydroxylation sites is 1. The standard InChI is InChI=1S/C26H28N4O5/c1-16-8-5-6-11-19(16)30-22(31)20-18(13-12-17-9-3-2-4-10-17)29-26(24(33)34,21(20)23(30)32)14-7-15-28-25(27)35/h2-6,8-13,18,20-21,29H,7,14-15H2,1H3,(H,33,34)(H3,27,28,35). The molecule has 0 saturated carbocycles. The summed E-state index contributed by atoms with van der Waals surface area (Å²) in [5.74, 6) is -4.17. The van der Waals surface area contributed by atoms with Crippen molar-refractivity contribution < 1.29 is 24.3 Å². The number of carbonyl (C=O) groups excluding carboxylic acids is 3. The molecule has 0 spiro atoms. The Hall–Kier alpha value is -3.98. The number of aryl methyl sites for hydroxylation is 1. The van der Waals surface area contributed by atoms with E-state index in [0.29, 0.717) is 5.69 Å². The molecule has 2 fully saturated rings. The molecule has 2 aromatic carbocycles. The van der Waals surface area contributed by atoms with Crippen molar-refractivity contribution in [1.82, 2.24) is 10.6 Å². The van der Waals surface area contributed by atoms with Gasteiger partial charge in [-0.15, -0.1) is 0 Å². The highest BCUT2D eigenvalue weighted by molar-refractivity contribution is 6.24. The number of nitrogens with zero attached hydrogens (tertiary/aromatic N) is 1. The summed E-state index contributed by atoms with van der Waals surface area (Å²) in [6, 6.07) is 15.1. The number of anilines is 1. The minimum absolute atomic E-state index is 0.0279. The molecule has 35 heavy (non-hydrogen) atoms. The van der Waals surface area contributed by atoms with Crippen LogP contribution in [0.5, 0.6) is 0 Å². The number of carboxylic acid groups (broad SMARTS) is 1. The number of nitrogens with one attached hydrogen (secondary N) is 2. The number of primary amides is 1. The normalized spacial score (nSPS) is 25.7. The van der Waals surface area contributed by atoms with Crippen LogP contribution in [0.3, 0.4) is 0 Å². The molecule has 4 rings (SSSR count). The van der Waals surface area contributed by atoms with Crippen molar-refractivity contribution in [3.05, 3.63) is 71.8 Å². The van der Waals surface area contributed by atoms with Crippen LogP contribution in [0, 0.1) is 18.8 Å². The minimum atomic E-state index is -1.68. The molecule has 9 nitrogen and oxygen atoms in total. The lowest BCUT2D eigenvalue weighted by atomic mass is 9.77. The van der Waals surface area contributed by atoms with Crippen LogP contribution in [-0.4, -0.2) is 47.0 Å². The lowest BCUT2D eigenvalue weighted by molar-refractivity contribution is -0.149. The van der Waals surface area contributed by atoms with Gasteiger partial charge in [0.2, 0.25) is 11.8 Å². The zero-order valence-corrected chi connectivity index (χ0v) is 19.3. The number of rotatable bonds is 8. The van der Waals surface area contributed by atoms with Gasteiger partial charge in [-0.05, 0) is 37.0 Å². The third-order valence-electron chi connectivity index (χ3n) is 6.77. The van der Waals surface area contributed by atoms with E-state index < -0.39 is 47.2 Å². The van der Waals surface area contributed by atoms with Crippen molar-refractivity contribution in [2.24, 2.45) is 17.6 Å². The molecule has 5 N–H and O–H groups in total. The maximum absolute atomic E-state index is 13.7. The summed E-state index contributed by atoms with van der Waals surface area (Å²) in [7, 11) is 0. The fourth-order valence-electron chi connectivity index (χ4n) is 5.15. The van der Waals surface area contributed by atoms with Crippen molar-refractivity contribution >= 4 is 35.6 Å². The van der Waals surface area contributed by atoms with Crippen molar-refractivity contribution in [3.63, 3.8) is 0 Å². The number of fused-ring (bicyclic) bond motifs is 1. The summed E-state index contributed by atoms with van der Waals surface area (Å²) in [5, 5.41) is 15.9. The number of carbonyl (C=O) groups is 4. The van der Waals surface area contributed by atoms with Crippen LogP contribution in [0.25, 0.3) is 6.08 Å². The highest BCUT2D eigenvalue weighted by Gasteiger charge is 2.67. The van der Waals surface area contributed by atoms with Gasteiger partial charge in [0, 0.05) is 12.6 Å². The summed E-state index contributed by atoms with van der Waals surface area (Å²) in [6.07, 6.45) is 3.86. The highest BCUT2D eigenvalue weighted by atomic mass is 16.4. The van der Waals surface area contributed by atoms with Gasteiger partial charge < -0.3 is 16.2 Å². The number of hydrogen-bond acceptors (Lipinski definition) is 5. The first-order chi connectivity index (χ1) is 16.8. The molecule has 0 bridgehead atoms. The Balaban J connectivity index is 1.73. The summed E-state index contributed by atoms with van der Waals surface area (Å²) < 4.78 is 0. The molecule has 4 atom stereocenters. The van der Waals surface area contributed by atoms with Gasteiger partial charge in [-0.1, -0.05) is 60.7 Å². The van der Waals surface area contributed by atoms with E-state index in [0.717, 1.165) is 16.0 Å². The first-order valence-electron chi connectivity index (χ1n) is 11.5. The molecule has 2 aromatic rings. The van der Waals surface area contributed by atoms with Gasteiger partial charge in [-0.25, -0.2) is 9.69 Å². The van der Waals surface area contributed by atoms with E-state index in [-0.39, 0.29) is 19.4 Å². The number of imide groups is 1. The molecule has 2 aliphatic heterocycles. The summed E-state index contributed by atoms with van der Waals surface area (Å²) in [4.78, 5) is 52.3. The van der Waals surface area contributed by atoms with Crippen LogP contribution in [-0.2, 0) is 14.4 Å². The molecular formula is C26H28N4O5. The Labute approximate surface area is 203 Å². The average Bonchev–Trinajstić information content (AvgIpc) is 3.30. The van der Waals surface area contributed by atoms with Crippen molar-refractivity contribution in [2.45, 2.75) is 31.3 Å². The van der Waals surface area contributed by atoms with E-state index in [9.17, 15) is 24.3 Å². The predicted molar refractivity (Wildman–Crippen MR) is 130 cm³/mol. The van der Waals surface area contributed by atoms with E-state index >= 15 is 0 Å². The number of benzene rings is 2.